The first-order valence-electron chi connectivity index (χ1n) is 6.79. The summed E-state index contributed by atoms with van der Waals surface area (Å²) in [7, 11) is 0. The van der Waals surface area contributed by atoms with Crippen LogP contribution in [0.2, 0.25) is 0 Å². The zero-order chi connectivity index (χ0) is 14.5. The number of alkyl halides is 1. The van der Waals surface area contributed by atoms with Crippen molar-refractivity contribution in [1.29, 1.82) is 0 Å². The number of hydrogen-bond donors (Lipinski definition) is 0. The van der Waals surface area contributed by atoms with Crippen LogP contribution in [0.3, 0.4) is 0 Å². The summed E-state index contributed by atoms with van der Waals surface area (Å²) in [4.78, 5) is 4.30. The lowest BCUT2D eigenvalue weighted by atomic mass is 9.97. The van der Waals surface area contributed by atoms with Crippen molar-refractivity contribution in [1.82, 2.24) is 14.8 Å². The fourth-order valence-corrected chi connectivity index (χ4v) is 2.51. The molecule has 0 radical (unpaired) electrons. The molecule has 1 heterocycles. The second-order valence-electron chi connectivity index (χ2n) is 5.27. The lowest BCUT2D eigenvalue weighted by Gasteiger charge is -2.15. The van der Waals surface area contributed by atoms with Gasteiger partial charge < -0.3 is 0 Å². The molecule has 1 unspecified atom stereocenters. The Morgan fingerprint density at radius 3 is 2.75 bits per heavy atom. The summed E-state index contributed by atoms with van der Waals surface area (Å²) in [6.07, 6.45) is 3.06. The minimum Gasteiger partial charge on any atom is -0.248 e. The van der Waals surface area contributed by atoms with Crippen LogP contribution in [0.15, 0.2) is 30.6 Å². The lowest BCUT2D eigenvalue weighted by molar-refractivity contribution is 0.471. The predicted molar refractivity (Wildman–Crippen MR) is 78.4 cm³/mol. The average molecular weight is 296 g/mol. The molecule has 0 N–H and O–H groups in total. The molecular weight excluding hydrogens is 277 g/mol. The van der Waals surface area contributed by atoms with Gasteiger partial charge in [-0.15, -0.1) is 11.6 Å². The van der Waals surface area contributed by atoms with E-state index in [1.807, 2.05) is 10.7 Å². The summed E-state index contributed by atoms with van der Waals surface area (Å²) in [5.74, 6) is 1.46. The van der Waals surface area contributed by atoms with Gasteiger partial charge in [0, 0.05) is 18.3 Å². The Morgan fingerprint density at radius 1 is 1.30 bits per heavy atom. The summed E-state index contributed by atoms with van der Waals surface area (Å²) in [5.41, 5.74) is 0.964. The van der Waals surface area contributed by atoms with Crippen LogP contribution >= 0.6 is 11.6 Å². The third-order valence-electron chi connectivity index (χ3n) is 3.24. The van der Waals surface area contributed by atoms with E-state index in [0.717, 1.165) is 24.2 Å². The Hall–Kier alpha value is -1.42. The minimum absolute atomic E-state index is 0.207. The first-order valence-corrected chi connectivity index (χ1v) is 7.32. The van der Waals surface area contributed by atoms with E-state index in [1.54, 1.807) is 18.5 Å². The molecule has 1 aromatic carbocycles. The molecule has 1 aromatic heterocycles. The number of halogens is 2. The highest BCUT2D eigenvalue weighted by Gasteiger charge is 2.15. The van der Waals surface area contributed by atoms with Gasteiger partial charge in [-0.1, -0.05) is 12.1 Å². The van der Waals surface area contributed by atoms with Crippen molar-refractivity contribution in [2.24, 2.45) is 5.92 Å². The Bertz CT molecular complexity index is 554. The summed E-state index contributed by atoms with van der Waals surface area (Å²) in [6, 6.07) is 6.95. The molecule has 0 aliphatic rings. The van der Waals surface area contributed by atoms with Gasteiger partial charge in [0.05, 0.1) is 0 Å². The van der Waals surface area contributed by atoms with Crippen molar-refractivity contribution in [3.8, 4) is 0 Å². The quantitative estimate of drug-likeness (QED) is 0.762. The summed E-state index contributed by atoms with van der Waals surface area (Å²) in [6.45, 7) is 4.14. The molecule has 1 atom stereocenters. The number of benzene rings is 1. The van der Waals surface area contributed by atoms with Gasteiger partial charge in [-0.25, -0.2) is 14.1 Å². The van der Waals surface area contributed by atoms with E-state index in [1.165, 1.54) is 6.07 Å². The summed E-state index contributed by atoms with van der Waals surface area (Å²) in [5, 5.41) is 4.23. The van der Waals surface area contributed by atoms with Crippen molar-refractivity contribution < 1.29 is 4.39 Å². The van der Waals surface area contributed by atoms with Crippen molar-refractivity contribution in [2.75, 3.05) is 5.88 Å². The Kier molecular flexibility index (Phi) is 5.12. The van der Waals surface area contributed by atoms with Crippen molar-refractivity contribution in [3.05, 3.63) is 47.8 Å². The fraction of sp³-hybridized carbons (Fsp3) is 0.467. The molecule has 0 amide bonds. The maximum absolute atomic E-state index is 13.2. The summed E-state index contributed by atoms with van der Waals surface area (Å²) >= 11 is 6.05. The van der Waals surface area contributed by atoms with Crippen LogP contribution in [0.4, 0.5) is 4.39 Å². The first-order chi connectivity index (χ1) is 9.60. The van der Waals surface area contributed by atoms with E-state index in [2.05, 4.69) is 23.9 Å². The van der Waals surface area contributed by atoms with Crippen LogP contribution in [0, 0.1) is 11.7 Å². The van der Waals surface area contributed by atoms with Crippen molar-refractivity contribution >= 4 is 11.6 Å². The fourth-order valence-electron chi connectivity index (χ4n) is 2.29. The standard InChI is InChI=1S/C15H19ClFN3/c1-11(2)20-15(18-10-19-20)8-13(9-16)6-12-4-3-5-14(17)7-12/h3-5,7,10-11,13H,6,8-9H2,1-2H3. The molecule has 0 spiro atoms. The second kappa shape index (κ2) is 6.84. The van der Waals surface area contributed by atoms with E-state index >= 15 is 0 Å². The van der Waals surface area contributed by atoms with E-state index in [9.17, 15) is 4.39 Å². The minimum atomic E-state index is -0.207. The molecule has 0 fully saturated rings. The van der Waals surface area contributed by atoms with Gasteiger partial charge in [0.2, 0.25) is 0 Å². The van der Waals surface area contributed by atoms with E-state index in [4.69, 9.17) is 11.6 Å². The van der Waals surface area contributed by atoms with Crippen LogP contribution in [-0.4, -0.2) is 20.6 Å². The van der Waals surface area contributed by atoms with Crippen LogP contribution in [-0.2, 0) is 12.8 Å². The van der Waals surface area contributed by atoms with Gasteiger partial charge in [0.15, 0.2) is 0 Å². The third kappa shape index (κ3) is 3.79. The SMILES string of the molecule is CC(C)n1ncnc1CC(CCl)Cc1cccc(F)c1. The maximum atomic E-state index is 13.2. The predicted octanol–water partition coefficient (Wildman–Crippen LogP) is 3.64. The molecule has 0 saturated heterocycles. The van der Waals surface area contributed by atoms with E-state index in [-0.39, 0.29) is 17.8 Å². The zero-order valence-corrected chi connectivity index (χ0v) is 12.5. The first kappa shape index (κ1) is 15.0. The van der Waals surface area contributed by atoms with Gasteiger partial charge in [0.25, 0.3) is 0 Å². The molecule has 108 valence electrons. The van der Waals surface area contributed by atoms with Gasteiger partial charge >= 0.3 is 0 Å². The Labute approximate surface area is 123 Å². The molecule has 0 bridgehead atoms. The van der Waals surface area contributed by atoms with Crippen molar-refractivity contribution in [2.45, 2.75) is 32.7 Å². The highest BCUT2D eigenvalue weighted by atomic mass is 35.5. The molecule has 0 aliphatic heterocycles. The largest absolute Gasteiger partial charge is 0.248 e. The second-order valence-corrected chi connectivity index (χ2v) is 5.58. The average Bonchev–Trinajstić information content (AvgIpc) is 2.86. The summed E-state index contributed by atoms with van der Waals surface area (Å²) < 4.78 is 15.1. The van der Waals surface area contributed by atoms with Crippen LogP contribution in [0.25, 0.3) is 0 Å². The van der Waals surface area contributed by atoms with Crippen LogP contribution in [0.5, 0.6) is 0 Å². The number of hydrogen-bond acceptors (Lipinski definition) is 2. The number of rotatable bonds is 6. The van der Waals surface area contributed by atoms with Crippen molar-refractivity contribution in [3.63, 3.8) is 0 Å². The molecule has 5 heteroatoms. The third-order valence-corrected chi connectivity index (χ3v) is 3.68. The van der Waals surface area contributed by atoms with E-state index in [0.29, 0.717) is 5.88 Å². The molecule has 2 aromatic rings. The van der Waals surface area contributed by atoms with Crippen LogP contribution in [0.1, 0.15) is 31.3 Å². The molecular formula is C15H19ClFN3. The normalized spacial score (nSPS) is 12.8. The topological polar surface area (TPSA) is 30.7 Å². The number of aromatic nitrogens is 3. The lowest BCUT2D eigenvalue weighted by Crippen LogP contribution is -2.16. The molecule has 2 rings (SSSR count). The molecule has 0 aliphatic carbocycles. The zero-order valence-electron chi connectivity index (χ0n) is 11.8. The molecule has 20 heavy (non-hydrogen) atoms. The van der Waals surface area contributed by atoms with Gasteiger partial charge in [0.1, 0.15) is 18.0 Å². The highest BCUT2D eigenvalue weighted by molar-refractivity contribution is 6.18. The van der Waals surface area contributed by atoms with Gasteiger partial charge in [-0.2, -0.15) is 5.10 Å². The van der Waals surface area contributed by atoms with Gasteiger partial charge in [-0.3, -0.25) is 0 Å². The van der Waals surface area contributed by atoms with E-state index < -0.39 is 0 Å². The molecule has 0 saturated carbocycles. The Morgan fingerprint density at radius 2 is 2.10 bits per heavy atom. The highest BCUT2D eigenvalue weighted by Crippen LogP contribution is 2.17. The monoisotopic (exact) mass is 295 g/mol. The Balaban J connectivity index is 2.07. The maximum Gasteiger partial charge on any atom is 0.138 e. The smallest absolute Gasteiger partial charge is 0.138 e. The number of nitrogens with zero attached hydrogens (tertiary/aromatic N) is 3. The molecule has 3 nitrogen and oxygen atoms in total. The van der Waals surface area contributed by atoms with Crippen LogP contribution < -0.4 is 0 Å². The van der Waals surface area contributed by atoms with Gasteiger partial charge in [-0.05, 0) is 43.9 Å².